The van der Waals surface area contributed by atoms with Crippen molar-refractivity contribution >= 4 is 11.5 Å². The van der Waals surface area contributed by atoms with E-state index in [9.17, 15) is 13.6 Å². The fraction of sp³-hybridized carbons (Fsp3) is 0.471. The molecule has 0 unspecified atom stereocenters. The number of halogens is 2. The third-order valence-electron chi connectivity index (χ3n) is 3.25. The molecule has 0 atom stereocenters. The quantitative estimate of drug-likeness (QED) is 0.505. The first-order valence-corrected chi connectivity index (χ1v) is 7.29. The molecule has 0 aliphatic rings. The number of unbranched alkanes of at least 4 members (excludes halogenated alkanes) is 2. The molecular weight excluding hydrogens is 274 g/mol. The van der Waals surface area contributed by atoms with E-state index < -0.39 is 11.6 Å². The number of carbonyl (C=O) groups excluding carboxylic acids is 1. The second kappa shape index (κ2) is 9.27. The SMILES string of the molecule is CCC/C(=C\CCCCC(=O)OC)c1ccc(F)cc1F. The third-order valence-corrected chi connectivity index (χ3v) is 3.25. The lowest BCUT2D eigenvalue weighted by molar-refractivity contribution is -0.140. The summed E-state index contributed by atoms with van der Waals surface area (Å²) in [5.41, 5.74) is 1.36. The first-order valence-electron chi connectivity index (χ1n) is 7.29. The van der Waals surface area contributed by atoms with Crippen LogP contribution in [0.3, 0.4) is 0 Å². The van der Waals surface area contributed by atoms with E-state index >= 15 is 0 Å². The molecule has 0 bridgehead atoms. The van der Waals surface area contributed by atoms with Gasteiger partial charge in [-0.2, -0.15) is 0 Å². The van der Waals surface area contributed by atoms with Crippen LogP contribution in [-0.4, -0.2) is 13.1 Å². The molecule has 0 heterocycles. The molecule has 0 aliphatic heterocycles. The topological polar surface area (TPSA) is 26.3 Å². The summed E-state index contributed by atoms with van der Waals surface area (Å²) in [5, 5.41) is 0. The van der Waals surface area contributed by atoms with Crippen molar-refractivity contribution in [3.05, 3.63) is 41.5 Å². The smallest absolute Gasteiger partial charge is 0.305 e. The van der Waals surface area contributed by atoms with Crippen molar-refractivity contribution in [2.45, 2.75) is 45.4 Å². The first-order chi connectivity index (χ1) is 10.1. The van der Waals surface area contributed by atoms with E-state index in [2.05, 4.69) is 4.74 Å². The van der Waals surface area contributed by atoms with Crippen LogP contribution in [0.2, 0.25) is 0 Å². The van der Waals surface area contributed by atoms with Crippen molar-refractivity contribution in [3.8, 4) is 0 Å². The average Bonchev–Trinajstić information content (AvgIpc) is 2.46. The molecule has 0 amide bonds. The van der Waals surface area contributed by atoms with Gasteiger partial charge in [-0.3, -0.25) is 4.79 Å². The Bertz CT molecular complexity index is 496. The van der Waals surface area contributed by atoms with Crippen LogP contribution in [0.5, 0.6) is 0 Å². The lowest BCUT2D eigenvalue weighted by atomic mass is 9.98. The molecule has 0 spiro atoms. The Kier molecular flexibility index (Phi) is 7.65. The van der Waals surface area contributed by atoms with E-state index in [4.69, 9.17) is 0 Å². The molecule has 0 aliphatic carbocycles. The molecule has 1 aromatic rings. The van der Waals surface area contributed by atoms with Gasteiger partial charge in [0.15, 0.2) is 0 Å². The van der Waals surface area contributed by atoms with Gasteiger partial charge in [0.2, 0.25) is 0 Å². The fourth-order valence-electron chi connectivity index (χ4n) is 2.16. The minimum Gasteiger partial charge on any atom is -0.469 e. The average molecular weight is 296 g/mol. The van der Waals surface area contributed by atoms with E-state index in [0.29, 0.717) is 12.0 Å². The summed E-state index contributed by atoms with van der Waals surface area (Å²) in [6, 6.07) is 3.68. The van der Waals surface area contributed by atoms with Gasteiger partial charge in [0.05, 0.1) is 7.11 Å². The Morgan fingerprint density at radius 2 is 2.00 bits per heavy atom. The molecule has 1 aromatic carbocycles. The molecule has 2 nitrogen and oxygen atoms in total. The maximum atomic E-state index is 13.8. The standard InChI is InChI=1S/C17H22F2O2/c1-3-7-13(8-5-4-6-9-17(20)21-2)15-11-10-14(18)12-16(15)19/h8,10-12H,3-7,9H2,1-2H3/b13-8+. The minimum atomic E-state index is -0.565. The molecule has 0 saturated carbocycles. The molecular formula is C17H22F2O2. The highest BCUT2D eigenvalue weighted by Crippen LogP contribution is 2.24. The Morgan fingerprint density at radius 1 is 1.24 bits per heavy atom. The van der Waals surface area contributed by atoms with Crippen molar-refractivity contribution in [2.24, 2.45) is 0 Å². The largest absolute Gasteiger partial charge is 0.469 e. The number of esters is 1. The zero-order chi connectivity index (χ0) is 15.7. The summed E-state index contributed by atoms with van der Waals surface area (Å²) in [5.74, 6) is -1.30. The van der Waals surface area contributed by atoms with E-state index in [0.717, 1.165) is 43.7 Å². The molecule has 1 rings (SSSR count). The van der Waals surface area contributed by atoms with Crippen molar-refractivity contribution < 1.29 is 18.3 Å². The van der Waals surface area contributed by atoms with Gasteiger partial charge >= 0.3 is 5.97 Å². The molecule has 0 N–H and O–H groups in total. The van der Waals surface area contributed by atoms with Gasteiger partial charge in [0.25, 0.3) is 0 Å². The maximum Gasteiger partial charge on any atom is 0.305 e. The number of rotatable bonds is 8. The summed E-state index contributed by atoms with van der Waals surface area (Å²) >= 11 is 0. The Balaban J connectivity index is 2.63. The van der Waals surface area contributed by atoms with Crippen LogP contribution >= 0.6 is 0 Å². The van der Waals surface area contributed by atoms with Crippen LogP contribution in [0.4, 0.5) is 8.78 Å². The van der Waals surface area contributed by atoms with Crippen molar-refractivity contribution in [1.82, 2.24) is 0 Å². The van der Waals surface area contributed by atoms with Crippen LogP contribution in [0.25, 0.3) is 5.57 Å². The van der Waals surface area contributed by atoms with Gasteiger partial charge in [-0.25, -0.2) is 8.78 Å². The van der Waals surface area contributed by atoms with Gasteiger partial charge in [0, 0.05) is 18.1 Å². The Labute approximate surface area is 124 Å². The van der Waals surface area contributed by atoms with Crippen molar-refractivity contribution in [2.75, 3.05) is 7.11 Å². The van der Waals surface area contributed by atoms with Gasteiger partial charge in [-0.15, -0.1) is 0 Å². The predicted octanol–water partition coefficient (Wildman–Crippen LogP) is 4.88. The van der Waals surface area contributed by atoms with Crippen molar-refractivity contribution in [3.63, 3.8) is 0 Å². The number of hydrogen-bond donors (Lipinski definition) is 0. The van der Waals surface area contributed by atoms with E-state index in [-0.39, 0.29) is 5.97 Å². The number of hydrogen-bond acceptors (Lipinski definition) is 2. The monoisotopic (exact) mass is 296 g/mol. The summed E-state index contributed by atoms with van der Waals surface area (Å²) in [7, 11) is 1.37. The zero-order valence-electron chi connectivity index (χ0n) is 12.6. The molecule has 21 heavy (non-hydrogen) atoms. The minimum absolute atomic E-state index is 0.211. The number of carbonyl (C=O) groups is 1. The summed E-state index contributed by atoms with van der Waals surface area (Å²) in [6.07, 6.45) is 6.38. The summed E-state index contributed by atoms with van der Waals surface area (Å²) in [6.45, 7) is 2.02. The van der Waals surface area contributed by atoms with Crippen LogP contribution in [0.1, 0.15) is 51.0 Å². The number of methoxy groups -OCH3 is 1. The maximum absolute atomic E-state index is 13.8. The highest BCUT2D eigenvalue weighted by molar-refractivity contribution is 5.69. The molecule has 0 aromatic heterocycles. The van der Waals surface area contributed by atoms with Gasteiger partial charge < -0.3 is 4.74 Å². The van der Waals surface area contributed by atoms with E-state index in [1.54, 1.807) is 0 Å². The van der Waals surface area contributed by atoms with Crippen LogP contribution in [0.15, 0.2) is 24.3 Å². The zero-order valence-corrected chi connectivity index (χ0v) is 12.6. The lowest BCUT2D eigenvalue weighted by Crippen LogP contribution is -1.99. The van der Waals surface area contributed by atoms with Gasteiger partial charge in [-0.1, -0.05) is 19.4 Å². The predicted molar refractivity (Wildman–Crippen MR) is 79.7 cm³/mol. The third kappa shape index (κ3) is 6.06. The van der Waals surface area contributed by atoms with Crippen molar-refractivity contribution in [1.29, 1.82) is 0 Å². The van der Waals surface area contributed by atoms with Gasteiger partial charge in [-0.05, 0) is 43.4 Å². The number of benzene rings is 1. The van der Waals surface area contributed by atoms with Crippen LogP contribution < -0.4 is 0 Å². The number of allylic oxidation sites excluding steroid dienone is 2. The molecule has 0 fully saturated rings. The normalized spacial score (nSPS) is 11.5. The highest BCUT2D eigenvalue weighted by atomic mass is 19.1. The van der Waals surface area contributed by atoms with Crippen LogP contribution in [0, 0.1) is 11.6 Å². The lowest BCUT2D eigenvalue weighted by Gasteiger charge is -2.08. The van der Waals surface area contributed by atoms with E-state index in [1.807, 2.05) is 13.0 Å². The molecule has 116 valence electrons. The first kappa shape index (κ1) is 17.3. The fourth-order valence-corrected chi connectivity index (χ4v) is 2.16. The van der Waals surface area contributed by atoms with Crippen LogP contribution in [-0.2, 0) is 9.53 Å². The summed E-state index contributed by atoms with van der Waals surface area (Å²) < 4.78 is 31.3. The molecule has 4 heteroatoms. The second-order valence-electron chi connectivity index (χ2n) is 4.93. The molecule has 0 radical (unpaired) electrons. The molecule has 0 saturated heterocycles. The Hall–Kier alpha value is -1.71. The number of ether oxygens (including phenoxy) is 1. The summed E-state index contributed by atoms with van der Waals surface area (Å²) in [4.78, 5) is 11.0. The second-order valence-corrected chi connectivity index (χ2v) is 4.93. The highest BCUT2D eigenvalue weighted by Gasteiger charge is 2.08. The van der Waals surface area contributed by atoms with E-state index in [1.165, 1.54) is 19.2 Å². The Morgan fingerprint density at radius 3 is 2.62 bits per heavy atom. The van der Waals surface area contributed by atoms with Gasteiger partial charge in [0.1, 0.15) is 11.6 Å².